The number of carbonyl (C=O) groups excluding carboxylic acids is 1. The molecule has 1 amide bonds. The second kappa shape index (κ2) is 6.27. The Labute approximate surface area is 120 Å². The minimum atomic E-state index is -0.0916. The first-order chi connectivity index (χ1) is 9.48. The molecule has 0 atom stereocenters. The maximum absolute atomic E-state index is 11.7. The second-order valence-corrected chi connectivity index (χ2v) is 6.09. The van der Waals surface area contributed by atoms with Crippen LogP contribution in [0, 0.1) is 5.41 Å². The van der Waals surface area contributed by atoms with Gasteiger partial charge in [0.05, 0.1) is 13.2 Å². The standard InChI is InChI=1S/C16H23NO3/c1-12(2)13-4-6-14(7-5-13)20-8-15(18)17-9-16(3)10-19-11-16/h4-7,12H,8-11H2,1-3H3,(H,17,18). The predicted molar refractivity (Wildman–Crippen MR) is 78.0 cm³/mol. The molecular weight excluding hydrogens is 254 g/mol. The molecule has 4 heteroatoms. The van der Waals surface area contributed by atoms with Gasteiger partial charge in [-0.3, -0.25) is 4.79 Å². The van der Waals surface area contributed by atoms with Gasteiger partial charge in [0.2, 0.25) is 0 Å². The third-order valence-electron chi connectivity index (χ3n) is 3.53. The van der Waals surface area contributed by atoms with Crippen LogP contribution in [0.3, 0.4) is 0 Å². The van der Waals surface area contributed by atoms with Gasteiger partial charge in [-0.15, -0.1) is 0 Å². The topological polar surface area (TPSA) is 47.6 Å². The Morgan fingerprint density at radius 3 is 2.50 bits per heavy atom. The van der Waals surface area contributed by atoms with Crippen LogP contribution in [-0.2, 0) is 9.53 Å². The Balaban J connectivity index is 1.72. The van der Waals surface area contributed by atoms with E-state index in [1.54, 1.807) is 0 Å². The Bertz CT molecular complexity index is 449. The Hall–Kier alpha value is -1.55. The maximum atomic E-state index is 11.7. The molecule has 20 heavy (non-hydrogen) atoms. The van der Waals surface area contributed by atoms with Crippen molar-refractivity contribution in [3.63, 3.8) is 0 Å². The molecule has 0 bridgehead atoms. The molecular formula is C16H23NO3. The van der Waals surface area contributed by atoms with Gasteiger partial charge in [-0.25, -0.2) is 0 Å². The van der Waals surface area contributed by atoms with E-state index < -0.39 is 0 Å². The van der Waals surface area contributed by atoms with Crippen LogP contribution in [-0.4, -0.2) is 32.3 Å². The Morgan fingerprint density at radius 1 is 1.35 bits per heavy atom. The van der Waals surface area contributed by atoms with E-state index in [0.29, 0.717) is 25.7 Å². The number of carbonyl (C=O) groups is 1. The minimum Gasteiger partial charge on any atom is -0.484 e. The predicted octanol–water partition coefficient (Wildman–Crippen LogP) is 2.34. The smallest absolute Gasteiger partial charge is 0.257 e. The van der Waals surface area contributed by atoms with Gasteiger partial charge in [0.1, 0.15) is 5.75 Å². The highest BCUT2D eigenvalue weighted by atomic mass is 16.5. The lowest BCUT2D eigenvalue weighted by Crippen LogP contribution is -2.49. The molecule has 1 heterocycles. The summed E-state index contributed by atoms with van der Waals surface area (Å²) in [6.45, 7) is 8.51. The summed E-state index contributed by atoms with van der Waals surface area (Å²) in [5.41, 5.74) is 1.36. The van der Waals surface area contributed by atoms with E-state index in [1.807, 2.05) is 24.3 Å². The van der Waals surface area contributed by atoms with E-state index in [1.165, 1.54) is 5.56 Å². The van der Waals surface area contributed by atoms with E-state index >= 15 is 0 Å². The zero-order valence-corrected chi connectivity index (χ0v) is 12.4. The molecule has 0 aromatic heterocycles. The molecule has 0 unspecified atom stereocenters. The van der Waals surface area contributed by atoms with Crippen LogP contribution in [0.1, 0.15) is 32.3 Å². The lowest BCUT2D eigenvalue weighted by atomic mass is 9.89. The molecule has 1 saturated heterocycles. The van der Waals surface area contributed by atoms with Crippen LogP contribution in [0.15, 0.2) is 24.3 Å². The summed E-state index contributed by atoms with van der Waals surface area (Å²) in [4.78, 5) is 11.7. The number of ether oxygens (including phenoxy) is 2. The highest BCUT2D eigenvalue weighted by Gasteiger charge is 2.33. The Kier molecular flexibility index (Phi) is 4.65. The number of hydrogen-bond acceptors (Lipinski definition) is 3. The van der Waals surface area contributed by atoms with Crippen LogP contribution in [0.5, 0.6) is 5.75 Å². The van der Waals surface area contributed by atoms with Gasteiger partial charge in [-0.1, -0.05) is 32.9 Å². The monoisotopic (exact) mass is 277 g/mol. The average molecular weight is 277 g/mol. The first kappa shape index (κ1) is 14.9. The van der Waals surface area contributed by atoms with E-state index in [2.05, 4.69) is 26.1 Å². The molecule has 1 N–H and O–H groups in total. The molecule has 1 aliphatic rings. The van der Waals surface area contributed by atoms with Gasteiger partial charge >= 0.3 is 0 Å². The Morgan fingerprint density at radius 2 is 2.00 bits per heavy atom. The summed E-state index contributed by atoms with van der Waals surface area (Å²) in [6, 6.07) is 7.88. The minimum absolute atomic E-state index is 0.0535. The van der Waals surface area contributed by atoms with Gasteiger partial charge in [0.15, 0.2) is 6.61 Å². The van der Waals surface area contributed by atoms with Crippen LogP contribution in [0.25, 0.3) is 0 Å². The van der Waals surface area contributed by atoms with Crippen molar-refractivity contribution in [2.24, 2.45) is 5.41 Å². The lowest BCUT2D eigenvalue weighted by Gasteiger charge is -2.37. The number of hydrogen-bond donors (Lipinski definition) is 1. The van der Waals surface area contributed by atoms with E-state index in [-0.39, 0.29) is 17.9 Å². The van der Waals surface area contributed by atoms with Gasteiger partial charge in [0.25, 0.3) is 5.91 Å². The molecule has 110 valence electrons. The normalized spacial score (nSPS) is 16.6. The quantitative estimate of drug-likeness (QED) is 0.868. The second-order valence-electron chi connectivity index (χ2n) is 6.09. The summed E-state index contributed by atoms with van der Waals surface area (Å²) in [5, 5.41) is 2.88. The zero-order valence-electron chi connectivity index (χ0n) is 12.4. The summed E-state index contributed by atoms with van der Waals surface area (Å²) in [6.07, 6.45) is 0. The molecule has 4 nitrogen and oxygen atoms in total. The molecule has 1 aromatic carbocycles. The molecule has 0 saturated carbocycles. The summed E-state index contributed by atoms with van der Waals surface area (Å²) in [7, 11) is 0. The lowest BCUT2D eigenvalue weighted by molar-refractivity contribution is -0.128. The van der Waals surface area contributed by atoms with Gasteiger partial charge in [-0.2, -0.15) is 0 Å². The van der Waals surface area contributed by atoms with E-state index in [0.717, 1.165) is 5.75 Å². The molecule has 0 spiro atoms. The molecule has 0 aliphatic carbocycles. The van der Waals surface area contributed by atoms with Crippen molar-refractivity contribution in [1.82, 2.24) is 5.32 Å². The van der Waals surface area contributed by atoms with Crippen LogP contribution >= 0.6 is 0 Å². The number of rotatable bonds is 6. The highest BCUT2D eigenvalue weighted by Crippen LogP contribution is 2.25. The summed E-state index contributed by atoms with van der Waals surface area (Å²) in [5.74, 6) is 1.13. The highest BCUT2D eigenvalue weighted by molar-refractivity contribution is 5.77. The first-order valence-corrected chi connectivity index (χ1v) is 7.06. The van der Waals surface area contributed by atoms with Crippen LogP contribution in [0.2, 0.25) is 0 Å². The van der Waals surface area contributed by atoms with Crippen LogP contribution < -0.4 is 10.1 Å². The van der Waals surface area contributed by atoms with Crippen molar-refractivity contribution in [2.45, 2.75) is 26.7 Å². The third-order valence-corrected chi connectivity index (χ3v) is 3.53. The number of nitrogens with one attached hydrogen (secondary N) is 1. The van der Waals surface area contributed by atoms with Crippen LogP contribution in [0.4, 0.5) is 0 Å². The van der Waals surface area contributed by atoms with E-state index in [9.17, 15) is 4.79 Å². The van der Waals surface area contributed by atoms with Crippen molar-refractivity contribution in [3.05, 3.63) is 29.8 Å². The van der Waals surface area contributed by atoms with Gasteiger partial charge in [-0.05, 0) is 23.6 Å². The summed E-state index contributed by atoms with van der Waals surface area (Å²) >= 11 is 0. The van der Waals surface area contributed by atoms with Crippen molar-refractivity contribution in [3.8, 4) is 5.75 Å². The molecule has 1 aromatic rings. The third kappa shape index (κ3) is 3.97. The fourth-order valence-corrected chi connectivity index (χ4v) is 2.01. The van der Waals surface area contributed by atoms with E-state index in [4.69, 9.17) is 9.47 Å². The number of amides is 1. The molecule has 2 rings (SSSR count). The largest absolute Gasteiger partial charge is 0.484 e. The SMILES string of the molecule is CC(C)c1ccc(OCC(=O)NCC2(C)COC2)cc1. The van der Waals surface area contributed by atoms with Crippen molar-refractivity contribution < 1.29 is 14.3 Å². The van der Waals surface area contributed by atoms with Gasteiger partial charge < -0.3 is 14.8 Å². The zero-order chi connectivity index (χ0) is 14.6. The van der Waals surface area contributed by atoms with Gasteiger partial charge in [0, 0.05) is 12.0 Å². The van der Waals surface area contributed by atoms with Crippen molar-refractivity contribution >= 4 is 5.91 Å². The first-order valence-electron chi connectivity index (χ1n) is 7.06. The fourth-order valence-electron chi connectivity index (χ4n) is 2.01. The average Bonchev–Trinajstić information content (AvgIpc) is 2.41. The molecule has 1 fully saturated rings. The maximum Gasteiger partial charge on any atom is 0.257 e. The summed E-state index contributed by atoms with van der Waals surface area (Å²) < 4.78 is 10.6. The van der Waals surface area contributed by atoms with Crippen molar-refractivity contribution in [1.29, 1.82) is 0 Å². The van der Waals surface area contributed by atoms with Crippen molar-refractivity contribution in [2.75, 3.05) is 26.4 Å². The number of benzene rings is 1. The fraction of sp³-hybridized carbons (Fsp3) is 0.562. The molecule has 0 radical (unpaired) electrons. The molecule has 1 aliphatic heterocycles.